The molecule has 0 aromatic carbocycles. The lowest BCUT2D eigenvalue weighted by Gasteiger charge is -2.47. The van der Waals surface area contributed by atoms with E-state index in [4.69, 9.17) is 4.74 Å². The average molecular weight is 183 g/mol. The van der Waals surface area contributed by atoms with Crippen LogP contribution in [0.5, 0.6) is 0 Å². The van der Waals surface area contributed by atoms with Crippen LogP contribution >= 0.6 is 0 Å². The third-order valence-electron chi connectivity index (χ3n) is 3.59. The molecule has 0 bridgehead atoms. The van der Waals surface area contributed by atoms with E-state index in [1.54, 1.807) is 0 Å². The summed E-state index contributed by atoms with van der Waals surface area (Å²) in [6.07, 6.45) is 2.51. The van der Waals surface area contributed by atoms with Crippen LogP contribution in [0, 0.1) is 11.8 Å². The van der Waals surface area contributed by atoms with Crippen molar-refractivity contribution in [2.75, 3.05) is 26.3 Å². The van der Waals surface area contributed by atoms with Crippen LogP contribution in [0.2, 0.25) is 0 Å². The Balaban J connectivity index is 1.72. The monoisotopic (exact) mass is 183 g/mol. The predicted octanol–water partition coefficient (Wildman–Crippen LogP) is 1.75. The van der Waals surface area contributed by atoms with Crippen LogP contribution in [0.25, 0.3) is 0 Å². The van der Waals surface area contributed by atoms with Gasteiger partial charge in [-0.15, -0.1) is 0 Å². The van der Waals surface area contributed by atoms with E-state index in [2.05, 4.69) is 18.7 Å². The van der Waals surface area contributed by atoms with Crippen molar-refractivity contribution in [3.8, 4) is 0 Å². The van der Waals surface area contributed by atoms with Crippen molar-refractivity contribution in [3.05, 3.63) is 0 Å². The smallest absolute Gasteiger partial charge is 0.0480 e. The van der Waals surface area contributed by atoms with Crippen LogP contribution in [0.1, 0.15) is 26.7 Å². The van der Waals surface area contributed by atoms with Gasteiger partial charge < -0.3 is 4.74 Å². The first kappa shape index (κ1) is 9.47. The molecular weight excluding hydrogens is 162 g/mol. The number of rotatable bonds is 2. The highest BCUT2D eigenvalue weighted by Gasteiger charge is 2.34. The molecule has 0 aromatic heterocycles. The molecule has 2 heterocycles. The largest absolute Gasteiger partial charge is 0.381 e. The maximum atomic E-state index is 5.37. The first-order valence-electron chi connectivity index (χ1n) is 5.59. The van der Waals surface area contributed by atoms with Gasteiger partial charge in [0, 0.05) is 32.3 Å². The van der Waals surface area contributed by atoms with Crippen molar-refractivity contribution in [2.24, 2.45) is 11.8 Å². The fourth-order valence-corrected chi connectivity index (χ4v) is 2.32. The van der Waals surface area contributed by atoms with Crippen molar-refractivity contribution >= 4 is 0 Å². The Morgan fingerprint density at radius 3 is 2.31 bits per heavy atom. The molecule has 0 saturated carbocycles. The van der Waals surface area contributed by atoms with E-state index >= 15 is 0 Å². The molecule has 0 amide bonds. The summed E-state index contributed by atoms with van der Waals surface area (Å²) in [4.78, 5) is 2.65. The van der Waals surface area contributed by atoms with Gasteiger partial charge in [0.05, 0.1) is 0 Å². The van der Waals surface area contributed by atoms with E-state index in [1.807, 2.05) is 0 Å². The van der Waals surface area contributed by atoms with Crippen LogP contribution in [0.3, 0.4) is 0 Å². The van der Waals surface area contributed by atoms with Crippen molar-refractivity contribution in [1.82, 2.24) is 4.90 Å². The number of likely N-dealkylation sites (tertiary alicyclic amines) is 1. The Morgan fingerprint density at radius 1 is 1.15 bits per heavy atom. The van der Waals surface area contributed by atoms with Gasteiger partial charge in [0.15, 0.2) is 0 Å². The Labute approximate surface area is 81.3 Å². The Kier molecular flexibility index (Phi) is 2.89. The van der Waals surface area contributed by atoms with Crippen molar-refractivity contribution in [3.63, 3.8) is 0 Å². The second-order valence-electron chi connectivity index (χ2n) is 4.80. The minimum atomic E-state index is 0.837. The van der Waals surface area contributed by atoms with E-state index in [1.165, 1.54) is 25.9 Å². The zero-order chi connectivity index (χ0) is 9.26. The zero-order valence-electron chi connectivity index (χ0n) is 8.83. The van der Waals surface area contributed by atoms with Gasteiger partial charge in [0.2, 0.25) is 0 Å². The highest BCUT2D eigenvalue weighted by atomic mass is 16.5. The molecule has 0 spiro atoms. The second-order valence-corrected chi connectivity index (χ2v) is 4.80. The molecule has 13 heavy (non-hydrogen) atoms. The molecule has 2 aliphatic heterocycles. The lowest BCUT2D eigenvalue weighted by Crippen LogP contribution is -2.55. The van der Waals surface area contributed by atoms with Gasteiger partial charge in [-0.3, -0.25) is 4.90 Å². The van der Waals surface area contributed by atoms with E-state index in [-0.39, 0.29) is 0 Å². The molecule has 2 fully saturated rings. The Bertz CT molecular complexity index is 157. The molecule has 2 aliphatic rings. The van der Waals surface area contributed by atoms with Gasteiger partial charge >= 0.3 is 0 Å². The van der Waals surface area contributed by atoms with Crippen LogP contribution in [-0.4, -0.2) is 37.2 Å². The molecule has 2 rings (SSSR count). The van der Waals surface area contributed by atoms with Crippen molar-refractivity contribution in [2.45, 2.75) is 32.7 Å². The molecule has 0 aromatic rings. The zero-order valence-corrected chi connectivity index (χ0v) is 8.83. The van der Waals surface area contributed by atoms with Gasteiger partial charge in [-0.2, -0.15) is 0 Å². The summed E-state index contributed by atoms with van der Waals surface area (Å²) in [7, 11) is 0. The summed E-state index contributed by atoms with van der Waals surface area (Å²) in [5.74, 6) is 1.83. The number of hydrogen-bond donors (Lipinski definition) is 0. The molecule has 0 N–H and O–H groups in total. The first-order chi connectivity index (χ1) is 6.27. The highest BCUT2D eigenvalue weighted by Crippen LogP contribution is 2.28. The van der Waals surface area contributed by atoms with Crippen molar-refractivity contribution in [1.29, 1.82) is 0 Å². The molecule has 0 atom stereocenters. The molecule has 2 saturated heterocycles. The lowest BCUT2D eigenvalue weighted by molar-refractivity contribution is -0.0266. The van der Waals surface area contributed by atoms with Gasteiger partial charge in [-0.25, -0.2) is 0 Å². The molecule has 76 valence electrons. The van der Waals surface area contributed by atoms with Gasteiger partial charge in [-0.1, -0.05) is 13.8 Å². The standard InChI is InChI=1S/C11H21NO/c1-9(2)10-7-12(8-10)11-3-5-13-6-4-11/h9-11H,3-8H2,1-2H3. The van der Waals surface area contributed by atoms with E-state index < -0.39 is 0 Å². The molecule has 0 unspecified atom stereocenters. The molecule has 0 radical (unpaired) electrons. The number of ether oxygens (including phenoxy) is 1. The van der Waals surface area contributed by atoms with Crippen LogP contribution < -0.4 is 0 Å². The van der Waals surface area contributed by atoms with Crippen LogP contribution in [0.4, 0.5) is 0 Å². The highest BCUT2D eigenvalue weighted by molar-refractivity contribution is 4.87. The molecule has 0 aliphatic carbocycles. The first-order valence-corrected chi connectivity index (χ1v) is 5.59. The predicted molar refractivity (Wildman–Crippen MR) is 53.7 cm³/mol. The normalized spacial score (nSPS) is 27.9. The van der Waals surface area contributed by atoms with Crippen LogP contribution in [-0.2, 0) is 4.74 Å². The maximum Gasteiger partial charge on any atom is 0.0480 e. The van der Waals surface area contributed by atoms with E-state index in [0.717, 1.165) is 31.1 Å². The summed E-state index contributed by atoms with van der Waals surface area (Å²) >= 11 is 0. The van der Waals surface area contributed by atoms with Gasteiger partial charge in [0.25, 0.3) is 0 Å². The van der Waals surface area contributed by atoms with Gasteiger partial charge in [0.1, 0.15) is 0 Å². The average Bonchev–Trinajstić information content (AvgIpc) is 2.02. The fraction of sp³-hybridized carbons (Fsp3) is 1.00. The summed E-state index contributed by atoms with van der Waals surface area (Å²) < 4.78 is 5.37. The Morgan fingerprint density at radius 2 is 1.77 bits per heavy atom. The SMILES string of the molecule is CC(C)C1CN(C2CCOCC2)C1. The summed E-state index contributed by atoms with van der Waals surface area (Å²) in [6, 6.07) is 0.837. The summed E-state index contributed by atoms with van der Waals surface area (Å²) in [5, 5.41) is 0. The Hall–Kier alpha value is -0.0800. The van der Waals surface area contributed by atoms with Crippen molar-refractivity contribution < 1.29 is 4.74 Å². The van der Waals surface area contributed by atoms with Crippen LogP contribution in [0.15, 0.2) is 0 Å². The minimum Gasteiger partial charge on any atom is -0.381 e. The summed E-state index contributed by atoms with van der Waals surface area (Å²) in [5.41, 5.74) is 0. The lowest BCUT2D eigenvalue weighted by atomic mass is 9.86. The third kappa shape index (κ3) is 2.05. The quantitative estimate of drug-likeness (QED) is 0.646. The maximum absolute atomic E-state index is 5.37. The fourth-order valence-electron chi connectivity index (χ4n) is 2.32. The van der Waals surface area contributed by atoms with E-state index in [9.17, 15) is 0 Å². The van der Waals surface area contributed by atoms with E-state index in [0.29, 0.717) is 0 Å². The topological polar surface area (TPSA) is 12.5 Å². The second kappa shape index (κ2) is 3.97. The number of nitrogens with zero attached hydrogens (tertiary/aromatic N) is 1. The van der Waals surface area contributed by atoms with Gasteiger partial charge in [-0.05, 0) is 24.7 Å². The third-order valence-corrected chi connectivity index (χ3v) is 3.59. The number of hydrogen-bond acceptors (Lipinski definition) is 2. The molecule has 2 nitrogen and oxygen atoms in total. The molecule has 2 heteroatoms. The molecular formula is C11H21NO. The minimum absolute atomic E-state index is 0.837. The summed E-state index contributed by atoms with van der Waals surface area (Å²) in [6.45, 7) is 9.31.